The third kappa shape index (κ3) is 3.37. The van der Waals surface area contributed by atoms with Gasteiger partial charge in [0, 0.05) is 11.4 Å². The molecule has 1 fully saturated rings. The number of amides is 1. The molecule has 0 spiro atoms. The van der Waals surface area contributed by atoms with Crippen molar-refractivity contribution in [3.8, 4) is 0 Å². The first kappa shape index (κ1) is 13.7. The average Bonchev–Trinajstić information content (AvgIpc) is 2.32. The highest BCUT2D eigenvalue weighted by atomic mass is 16.2. The van der Waals surface area contributed by atoms with E-state index in [2.05, 4.69) is 50.1 Å². The fourth-order valence-corrected chi connectivity index (χ4v) is 2.19. The Morgan fingerprint density at radius 1 is 1.37 bits per heavy atom. The summed E-state index contributed by atoms with van der Waals surface area (Å²) in [4.78, 5) is 11.9. The van der Waals surface area contributed by atoms with E-state index in [1.807, 2.05) is 12.1 Å². The van der Waals surface area contributed by atoms with Crippen LogP contribution in [0.3, 0.4) is 0 Å². The van der Waals surface area contributed by atoms with E-state index in [1.54, 1.807) is 0 Å². The summed E-state index contributed by atoms with van der Waals surface area (Å²) in [5, 5.41) is 6.11. The Morgan fingerprint density at radius 3 is 2.74 bits per heavy atom. The van der Waals surface area contributed by atoms with Crippen LogP contribution in [0.2, 0.25) is 0 Å². The minimum atomic E-state index is -0.166. The highest BCUT2D eigenvalue weighted by Crippen LogP contribution is 2.25. The van der Waals surface area contributed by atoms with Gasteiger partial charge in [0.05, 0.1) is 0 Å². The largest absolute Gasteiger partial charge is 0.374 e. The zero-order chi connectivity index (χ0) is 14.0. The lowest BCUT2D eigenvalue weighted by atomic mass is 9.87. The summed E-state index contributed by atoms with van der Waals surface area (Å²) in [6.45, 7) is 10.3. The number of rotatable bonds is 2. The molecule has 1 heterocycles. The van der Waals surface area contributed by atoms with Crippen LogP contribution in [-0.2, 0) is 10.2 Å². The molecule has 1 aliphatic heterocycles. The van der Waals surface area contributed by atoms with Crippen molar-refractivity contribution >= 4 is 11.6 Å². The number of allylic oxidation sites excluding steroid dienone is 1. The van der Waals surface area contributed by atoms with Crippen LogP contribution in [-0.4, -0.2) is 11.9 Å². The van der Waals surface area contributed by atoms with E-state index in [0.717, 1.165) is 24.2 Å². The lowest BCUT2D eigenvalue weighted by Gasteiger charge is -2.26. The number of hydrogen-bond acceptors (Lipinski definition) is 2. The molecule has 1 saturated heterocycles. The SMILES string of the molecule is C=C1CCC(Nc2cccc(C(C)(C)C)c2)C(=O)N1. The van der Waals surface area contributed by atoms with Gasteiger partial charge in [0.2, 0.25) is 5.91 Å². The summed E-state index contributed by atoms with van der Waals surface area (Å²) in [7, 11) is 0. The first-order valence-corrected chi connectivity index (χ1v) is 6.72. The van der Waals surface area contributed by atoms with Gasteiger partial charge in [0.1, 0.15) is 6.04 Å². The molecule has 102 valence electrons. The smallest absolute Gasteiger partial charge is 0.246 e. The molecule has 19 heavy (non-hydrogen) atoms. The quantitative estimate of drug-likeness (QED) is 0.855. The molecule has 0 aliphatic carbocycles. The van der Waals surface area contributed by atoms with Gasteiger partial charge in [-0.15, -0.1) is 0 Å². The molecule has 1 aliphatic rings. The zero-order valence-electron chi connectivity index (χ0n) is 11.9. The summed E-state index contributed by atoms with van der Waals surface area (Å²) < 4.78 is 0. The van der Waals surface area contributed by atoms with Crippen LogP contribution >= 0.6 is 0 Å². The number of benzene rings is 1. The standard InChI is InChI=1S/C16H22N2O/c1-11-8-9-14(15(19)17-11)18-13-7-5-6-12(10-13)16(2,3)4/h5-7,10,14,18H,1,8-9H2,2-4H3,(H,17,19). The first-order valence-electron chi connectivity index (χ1n) is 6.72. The summed E-state index contributed by atoms with van der Waals surface area (Å²) in [6, 6.07) is 8.11. The third-order valence-corrected chi connectivity index (χ3v) is 3.42. The van der Waals surface area contributed by atoms with Crippen LogP contribution in [0, 0.1) is 0 Å². The molecule has 0 radical (unpaired) electrons. The minimum Gasteiger partial charge on any atom is -0.374 e. The maximum Gasteiger partial charge on any atom is 0.246 e. The molecule has 1 aromatic carbocycles. The summed E-state index contributed by atoms with van der Waals surface area (Å²) in [6.07, 6.45) is 1.63. The predicted molar refractivity (Wildman–Crippen MR) is 79.1 cm³/mol. The second-order valence-corrected chi connectivity index (χ2v) is 6.16. The van der Waals surface area contributed by atoms with E-state index in [1.165, 1.54) is 5.56 Å². The highest BCUT2D eigenvalue weighted by molar-refractivity contribution is 5.87. The normalized spacial score (nSPS) is 20.1. The van der Waals surface area contributed by atoms with Gasteiger partial charge in [-0.3, -0.25) is 4.79 Å². The summed E-state index contributed by atoms with van der Waals surface area (Å²) >= 11 is 0. The van der Waals surface area contributed by atoms with E-state index >= 15 is 0 Å². The van der Waals surface area contributed by atoms with Gasteiger partial charge in [0.15, 0.2) is 0 Å². The third-order valence-electron chi connectivity index (χ3n) is 3.42. The molecule has 0 bridgehead atoms. The van der Waals surface area contributed by atoms with Crippen LogP contribution in [0.5, 0.6) is 0 Å². The maximum absolute atomic E-state index is 11.9. The second kappa shape index (κ2) is 5.08. The Bertz CT molecular complexity index is 500. The molecular formula is C16H22N2O. The lowest BCUT2D eigenvalue weighted by molar-refractivity contribution is -0.122. The van der Waals surface area contributed by atoms with E-state index < -0.39 is 0 Å². The van der Waals surface area contributed by atoms with Crippen LogP contribution in [0.4, 0.5) is 5.69 Å². The first-order chi connectivity index (χ1) is 8.86. The summed E-state index contributed by atoms with van der Waals surface area (Å²) in [5.74, 6) is 0.0115. The van der Waals surface area contributed by atoms with Gasteiger partial charge in [-0.25, -0.2) is 0 Å². The Balaban J connectivity index is 2.11. The van der Waals surface area contributed by atoms with Crippen molar-refractivity contribution in [3.63, 3.8) is 0 Å². The number of hydrogen-bond donors (Lipinski definition) is 2. The highest BCUT2D eigenvalue weighted by Gasteiger charge is 2.24. The van der Waals surface area contributed by atoms with Gasteiger partial charge in [-0.05, 0) is 36.0 Å². The molecule has 2 rings (SSSR count). The zero-order valence-corrected chi connectivity index (χ0v) is 11.9. The van der Waals surface area contributed by atoms with E-state index in [4.69, 9.17) is 0 Å². The Morgan fingerprint density at radius 2 is 2.11 bits per heavy atom. The topological polar surface area (TPSA) is 41.1 Å². The fourth-order valence-electron chi connectivity index (χ4n) is 2.19. The van der Waals surface area contributed by atoms with E-state index in [-0.39, 0.29) is 17.4 Å². The van der Waals surface area contributed by atoms with Crippen molar-refractivity contribution in [2.24, 2.45) is 0 Å². The van der Waals surface area contributed by atoms with Gasteiger partial charge in [0.25, 0.3) is 0 Å². The van der Waals surface area contributed by atoms with Crippen LogP contribution in [0.1, 0.15) is 39.2 Å². The van der Waals surface area contributed by atoms with Gasteiger partial charge < -0.3 is 10.6 Å². The van der Waals surface area contributed by atoms with E-state index in [9.17, 15) is 4.79 Å². The van der Waals surface area contributed by atoms with Gasteiger partial charge in [-0.1, -0.05) is 39.5 Å². The van der Waals surface area contributed by atoms with Crippen molar-refractivity contribution in [2.75, 3.05) is 5.32 Å². The Labute approximate surface area is 115 Å². The van der Waals surface area contributed by atoms with Crippen molar-refractivity contribution in [1.29, 1.82) is 0 Å². The molecule has 0 saturated carbocycles. The van der Waals surface area contributed by atoms with Crippen molar-refractivity contribution in [2.45, 2.75) is 45.1 Å². The van der Waals surface area contributed by atoms with Crippen LogP contribution < -0.4 is 10.6 Å². The van der Waals surface area contributed by atoms with Gasteiger partial charge in [-0.2, -0.15) is 0 Å². The Hall–Kier alpha value is -1.77. The molecule has 1 aromatic rings. The molecule has 2 N–H and O–H groups in total. The molecule has 0 aromatic heterocycles. The maximum atomic E-state index is 11.9. The van der Waals surface area contributed by atoms with Gasteiger partial charge >= 0.3 is 0 Å². The molecule has 1 amide bonds. The van der Waals surface area contributed by atoms with Crippen molar-refractivity contribution in [3.05, 3.63) is 42.1 Å². The minimum absolute atomic E-state index is 0.0115. The number of piperidine rings is 1. The second-order valence-electron chi connectivity index (χ2n) is 6.16. The molecule has 3 heteroatoms. The van der Waals surface area contributed by atoms with E-state index in [0.29, 0.717) is 0 Å². The monoisotopic (exact) mass is 258 g/mol. The Kier molecular flexibility index (Phi) is 3.65. The molecular weight excluding hydrogens is 236 g/mol. The molecule has 1 unspecified atom stereocenters. The summed E-state index contributed by atoms with van der Waals surface area (Å²) in [5.41, 5.74) is 3.19. The fraction of sp³-hybridized carbons (Fsp3) is 0.438. The number of carbonyl (C=O) groups excluding carboxylic acids is 1. The average molecular weight is 258 g/mol. The van der Waals surface area contributed by atoms with Crippen molar-refractivity contribution in [1.82, 2.24) is 5.32 Å². The van der Waals surface area contributed by atoms with Crippen molar-refractivity contribution < 1.29 is 4.79 Å². The number of nitrogens with one attached hydrogen (secondary N) is 2. The molecule has 1 atom stereocenters. The van der Waals surface area contributed by atoms with Crippen LogP contribution in [0.25, 0.3) is 0 Å². The number of carbonyl (C=O) groups is 1. The lowest BCUT2D eigenvalue weighted by Crippen LogP contribution is -2.43. The van der Waals surface area contributed by atoms with Crippen LogP contribution in [0.15, 0.2) is 36.5 Å². The molecule has 3 nitrogen and oxygen atoms in total. The number of anilines is 1. The predicted octanol–water partition coefficient (Wildman–Crippen LogP) is 3.19.